The lowest BCUT2D eigenvalue weighted by Crippen LogP contribution is -2.01. The van der Waals surface area contributed by atoms with E-state index >= 15 is 0 Å². The molecule has 130 valence electrons. The maximum atomic E-state index is 9.06. The molecule has 0 bridgehead atoms. The zero-order valence-electron chi connectivity index (χ0n) is 14.3. The second-order valence-corrected chi connectivity index (χ2v) is 6.06. The fraction of sp³-hybridized carbons (Fsp3) is 0.200. The van der Waals surface area contributed by atoms with E-state index in [9.17, 15) is 0 Å². The molecule has 0 spiro atoms. The van der Waals surface area contributed by atoms with Crippen LogP contribution in [-0.2, 0) is 12.8 Å². The Balaban J connectivity index is 1.68. The highest BCUT2D eigenvalue weighted by molar-refractivity contribution is 5.61. The van der Waals surface area contributed by atoms with E-state index in [2.05, 4.69) is 27.1 Å². The minimum Gasteiger partial charge on any atom is -0.396 e. The lowest BCUT2D eigenvalue weighted by molar-refractivity contribution is 0.288. The zero-order chi connectivity index (χ0) is 17.8. The largest absolute Gasteiger partial charge is 0.396 e. The number of imidazole rings is 1. The molecule has 0 radical (unpaired) electrons. The molecule has 0 aliphatic heterocycles. The van der Waals surface area contributed by atoms with Crippen LogP contribution >= 0.6 is 0 Å². The molecular formula is C20H19N5O. The summed E-state index contributed by atoms with van der Waals surface area (Å²) in [6, 6.07) is 12.1. The predicted molar refractivity (Wildman–Crippen MR) is 98.7 cm³/mol. The molecule has 1 N–H and O–H groups in total. The molecule has 0 saturated heterocycles. The van der Waals surface area contributed by atoms with Crippen molar-refractivity contribution in [3.8, 4) is 11.4 Å². The summed E-state index contributed by atoms with van der Waals surface area (Å²) in [7, 11) is 0. The van der Waals surface area contributed by atoms with E-state index < -0.39 is 0 Å². The number of aryl methyl sites for hydroxylation is 1. The Bertz CT molecular complexity index is 1010. The quantitative estimate of drug-likeness (QED) is 0.581. The minimum atomic E-state index is 0.144. The third-order valence-electron chi connectivity index (χ3n) is 4.25. The first-order chi connectivity index (χ1) is 12.8. The van der Waals surface area contributed by atoms with Crippen molar-refractivity contribution < 1.29 is 5.11 Å². The molecule has 26 heavy (non-hydrogen) atoms. The molecule has 0 fully saturated rings. The summed E-state index contributed by atoms with van der Waals surface area (Å²) in [5, 5.41) is 9.06. The summed E-state index contributed by atoms with van der Waals surface area (Å²) >= 11 is 0. The van der Waals surface area contributed by atoms with Gasteiger partial charge in [-0.15, -0.1) is 0 Å². The number of benzene rings is 1. The van der Waals surface area contributed by atoms with E-state index in [0.29, 0.717) is 19.3 Å². The number of hydrogen-bond acceptors (Lipinski definition) is 5. The standard InChI is InChI=1S/C20H19N5O/c26-12-4-7-17-20-23-14-18(25(20)11-10-21-17)16-8-9-22-19(24-16)13-15-5-2-1-3-6-15/h1-3,5-6,8-11,14,26H,4,7,12-13H2. The summed E-state index contributed by atoms with van der Waals surface area (Å²) < 4.78 is 1.99. The Kier molecular flexibility index (Phi) is 4.66. The highest BCUT2D eigenvalue weighted by atomic mass is 16.2. The topological polar surface area (TPSA) is 76.2 Å². The molecule has 3 heterocycles. The van der Waals surface area contributed by atoms with Gasteiger partial charge in [0, 0.05) is 31.6 Å². The maximum absolute atomic E-state index is 9.06. The first-order valence-corrected chi connectivity index (χ1v) is 8.63. The highest BCUT2D eigenvalue weighted by Crippen LogP contribution is 2.20. The third-order valence-corrected chi connectivity index (χ3v) is 4.25. The lowest BCUT2D eigenvalue weighted by Gasteiger charge is -2.06. The van der Waals surface area contributed by atoms with E-state index in [4.69, 9.17) is 10.1 Å². The molecule has 3 aromatic heterocycles. The number of aliphatic hydroxyl groups is 1. The number of fused-ring (bicyclic) bond motifs is 1. The van der Waals surface area contributed by atoms with E-state index in [-0.39, 0.29) is 6.61 Å². The van der Waals surface area contributed by atoms with Crippen LogP contribution in [0.4, 0.5) is 0 Å². The van der Waals surface area contributed by atoms with Crippen molar-refractivity contribution >= 4 is 5.65 Å². The minimum absolute atomic E-state index is 0.144. The number of nitrogens with zero attached hydrogens (tertiary/aromatic N) is 5. The Morgan fingerprint density at radius 2 is 1.85 bits per heavy atom. The van der Waals surface area contributed by atoms with Crippen molar-refractivity contribution in [1.29, 1.82) is 0 Å². The first kappa shape index (κ1) is 16.4. The molecule has 4 aromatic rings. The molecule has 0 aliphatic carbocycles. The van der Waals surface area contributed by atoms with Gasteiger partial charge < -0.3 is 5.11 Å². The van der Waals surface area contributed by atoms with Gasteiger partial charge in [0.1, 0.15) is 5.82 Å². The first-order valence-electron chi connectivity index (χ1n) is 8.63. The SMILES string of the molecule is OCCCc1nccn2c(-c3ccnc(Cc4ccccc4)n3)cnc12. The number of aromatic nitrogens is 5. The molecular weight excluding hydrogens is 326 g/mol. The molecule has 6 nitrogen and oxygen atoms in total. The molecule has 0 atom stereocenters. The highest BCUT2D eigenvalue weighted by Gasteiger charge is 2.12. The predicted octanol–water partition coefficient (Wildman–Crippen LogP) is 2.70. The van der Waals surface area contributed by atoms with E-state index in [0.717, 1.165) is 28.6 Å². The average molecular weight is 345 g/mol. The summed E-state index contributed by atoms with van der Waals surface area (Å²) in [6.45, 7) is 0.144. The number of aliphatic hydroxyl groups excluding tert-OH is 1. The van der Waals surface area contributed by atoms with Crippen LogP contribution < -0.4 is 0 Å². The van der Waals surface area contributed by atoms with Gasteiger partial charge in [0.2, 0.25) is 0 Å². The summed E-state index contributed by atoms with van der Waals surface area (Å²) in [4.78, 5) is 18.0. The Morgan fingerprint density at radius 3 is 2.69 bits per heavy atom. The zero-order valence-corrected chi connectivity index (χ0v) is 14.3. The van der Waals surface area contributed by atoms with Crippen molar-refractivity contribution in [3.05, 3.63) is 78.3 Å². The maximum Gasteiger partial charge on any atom is 0.159 e. The molecule has 0 unspecified atom stereocenters. The Hall–Kier alpha value is -3.12. The molecule has 0 aliphatic rings. The molecule has 6 heteroatoms. The summed E-state index contributed by atoms with van der Waals surface area (Å²) in [5.74, 6) is 0.776. The number of hydrogen-bond donors (Lipinski definition) is 1. The van der Waals surface area contributed by atoms with Gasteiger partial charge in [0.25, 0.3) is 0 Å². The van der Waals surface area contributed by atoms with Crippen molar-refractivity contribution in [2.75, 3.05) is 6.61 Å². The third kappa shape index (κ3) is 3.32. The second kappa shape index (κ2) is 7.41. The van der Waals surface area contributed by atoms with Gasteiger partial charge in [-0.25, -0.2) is 15.0 Å². The van der Waals surface area contributed by atoms with Gasteiger partial charge in [-0.3, -0.25) is 9.38 Å². The van der Waals surface area contributed by atoms with E-state index in [1.807, 2.05) is 41.1 Å². The molecule has 0 amide bonds. The summed E-state index contributed by atoms with van der Waals surface area (Å²) in [5.41, 5.74) is 4.60. The van der Waals surface area contributed by atoms with Crippen LogP contribution in [0.15, 0.2) is 61.2 Å². The van der Waals surface area contributed by atoms with Crippen LogP contribution in [0, 0.1) is 0 Å². The molecule has 1 aromatic carbocycles. The average Bonchev–Trinajstić information content (AvgIpc) is 3.12. The number of rotatable bonds is 6. The van der Waals surface area contributed by atoms with Crippen molar-refractivity contribution in [1.82, 2.24) is 24.3 Å². The normalized spacial score (nSPS) is 11.1. The van der Waals surface area contributed by atoms with Crippen molar-refractivity contribution in [3.63, 3.8) is 0 Å². The Labute approximate surface area is 151 Å². The van der Waals surface area contributed by atoms with Crippen molar-refractivity contribution in [2.45, 2.75) is 19.3 Å². The second-order valence-electron chi connectivity index (χ2n) is 6.06. The summed E-state index contributed by atoms with van der Waals surface area (Å²) in [6.07, 6.45) is 9.30. The van der Waals surface area contributed by atoms with Crippen LogP contribution in [0.1, 0.15) is 23.5 Å². The van der Waals surface area contributed by atoms with Crippen LogP contribution in [0.25, 0.3) is 17.0 Å². The van der Waals surface area contributed by atoms with Gasteiger partial charge in [-0.05, 0) is 24.5 Å². The molecule has 4 rings (SSSR count). The lowest BCUT2D eigenvalue weighted by atomic mass is 10.1. The Morgan fingerprint density at radius 1 is 0.962 bits per heavy atom. The van der Waals surface area contributed by atoms with Crippen LogP contribution in [0.5, 0.6) is 0 Å². The van der Waals surface area contributed by atoms with Gasteiger partial charge in [0.05, 0.1) is 23.3 Å². The van der Waals surface area contributed by atoms with Crippen LogP contribution in [0.3, 0.4) is 0 Å². The fourth-order valence-electron chi connectivity index (χ4n) is 2.99. The van der Waals surface area contributed by atoms with Crippen LogP contribution in [-0.4, -0.2) is 36.1 Å². The van der Waals surface area contributed by atoms with Gasteiger partial charge in [-0.2, -0.15) is 0 Å². The van der Waals surface area contributed by atoms with E-state index in [1.54, 1.807) is 12.4 Å². The van der Waals surface area contributed by atoms with Crippen LogP contribution in [0.2, 0.25) is 0 Å². The van der Waals surface area contributed by atoms with E-state index in [1.165, 1.54) is 5.56 Å². The fourth-order valence-corrected chi connectivity index (χ4v) is 2.99. The van der Waals surface area contributed by atoms with Gasteiger partial charge in [-0.1, -0.05) is 30.3 Å². The monoisotopic (exact) mass is 345 g/mol. The van der Waals surface area contributed by atoms with Gasteiger partial charge >= 0.3 is 0 Å². The smallest absolute Gasteiger partial charge is 0.159 e. The molecule has 0 saturated carbocycles. The van der Waals surface area contributed by atoms with Crippen molar-refractivity contribution in [2.24, 2.45) is 0 Å². The van der Waals surface area contributed by atoms with Gasteiger partial charge in [0.15, 0.2) is 5.65 Å².